The van der Waals surface area contributed by atoms with Crippen molar-refractivity contribution in [3.63, 3.8) is 0 Å². The number of H-pyrrole nitrogens is 1. The smallest absolute Gasteiger partial charge is 0.387 e. The summed E-state index contributed by atoms with van der Waals surface area (Å²) in [6.07, 6.45) is 2.27. The number of aromatic nitrogens is 2. The zero-order valence-electron chi connectivity index (χ0n) is 18.1. The number of aromatic amines is 1. The highest BCUT2D eigenvalue weighted by Crippen LogP contribution is 2.36. The van der Waals surface area contributed by atoms with Gasteiger partial charge in [-0.2, -0.15) is 8.78 Å². The van der Waals surface area contributed by atoms with E-state index >= 15 is 0 Å². The molecule has 2 aromatic heterocycles. The van der Waals surface area contributed by atoms with E-state index in [4.69, 9.17) is 11.6 Å². The minimum absolute atomic E-state index is 0.0422. The van der Waals surface area contributed by atoms with E-state index in [0.717, 1.165) is 6.26 Å². The van der Waals surface area contributed by atoms with E-state index in [1.807, 2.05) is 4.72 Å². The molecule has 182 valence electrons. The van der Waals surface area contributed by atoms with E-state index < -0.39 is 28.1 Å². The van der Waals surface area contributed by atoms with E-state index in [1.54, 1.807) is 24.3 Å². The molecule has 0 aliphatic carbocycles. The summed E-state index contributed by atoms with van der Waals surface area (Å²) in [6.45, 7) is -2.93. The first-order valence-corrected chi connectivity index (χ1v) is 12.4. The van der Waals surface area contributed by atoms with E-state index in [1.165, 1.54) is 41.1 Å². The molecular weight excluding hydrogens is 504 g/mol. The van der Waals surface area contributed by atoms with Crippen LogP contribution in [0.2, 0.25) is 5.02 Å². The predicted octanol–water partition coefficient (Wildman–Crippen LogP) is 3.99. The highest BCUT2D eigenvalue weighted by Gasteiger charge is 2.27. The van der Waals surface area contributed by atoms with Gasteiger partial charge in [-0.3, -0.25) is 9.59 Å². The van der Waals surface area contributed by atoms with Crippen molar-refractivity contribution in [1.82, 2.24) is 14.3 Å². The monoisotopic (exact) mass is 521 g/mol. The number of fused-ring (bicyclic) bond motifs is 1. The van der Waals surface area contributed by atoms with Gasteiger partial charge in [0.25, 0.3) is 11.5 Å². The van der Waals surface area contributed by atoms with Gasteiger partial charge in [0.15, 0.2) is 0 Å². The molecular formula is C23H18ClF2N3O5S. The van der Waals surface area contributed by atoms with Crippen LogP contribution < -0.4 is 15.0 Å². The maximum atomic E-state index is 13.2. The molecule has 1 amide bonds. The molecule has 4 rings (SSSR count). The van der Waals surface area contributed by atoms with Crippen molar-refractivity contribution in [3.05, 3.63) is 87.4 Å². The average Bonchev–Trinajstić information content (AvgIpc) is 3.07. The van der Waals surface area contributed by atoms with Crippen molar-refractivity contribution < 1.29 is 26.7 Å². The lowest BCUT2D eigenvalue weighted by Crippen LogP contribution is -2.31. The molecule has 0 saturated carbocycles. The maximum Gasteiger partial charge on any atom is 0.387 e. The third-order valence-electron chi connectivity index (χ3n) is 5.10. The van der Waals surface area contributed by atoms with Crippen LogP contribution in [0.5, 0.6) is 5.75 Å². The number of benzene rings is 2. The van der Waals surface area contributed by atoms with Gasteiger partial charge in [-0.05, 0) is 48.0 Å². The van der Waals surface area contributed by atoms with Crippen molar-refractivity contribution in [3.8, 4) is 16.9 Å². The van der Waals surface area contributed by atoms with Crippen LogP contribution in [0.25, 0.3) is 22.0 Å². The summed E-state index contributed by atoms with van der Waals surface area (Å²) in [6, 6.07) is 13.7. The van der Waals surface area contributed by atoms with Gasteiger partial charge >= 0.3 is 6.61 Å². The molecule has 0 atom stereocenters. The molecule has 0 spiro atoms. The zero-order valence-corrected chi connectivity index (χ0v) is 19.7. The number of hydrogen-bond acceptors (Lipinski definition) is 5. The van der Waals surface area contributed by atoms with Crippen molar-refractivity contribution >= 4 is 38.4 Å². The molecule has 0 aliphatic rings. The Morgan fingerprint density at radius 1 is 1.17 bits per heavy atom. The largest absolute Gasteiger partial charge is 0.435 e. The number of hydrogen-bond donors (Lipinski definition) is 2. The van der Waals surface area contributed by atoms with Crippen LogP contribution in [0.1, 0.15) is 16.1 Å². The summed E-state index contributed by atoms with van der Waals surface area (Å²) in [4.78, 5) is 28.5. The van der Waals surface area contributed by atoms with Gasteiger partial charge in [-0.15, -0.1) is 0 Å². The van der Waals surface area contributed by atoms with Gasteiger partial charge in [0.1, 0.15) is 11.4 Å². The number of sulfonamides is 1. The number of alkyl halides is 2. The molecule has 2 heterocycles. The fourth-order valence-corrected chi connectivity index (χ4v) is 4.40. The Labute approximate surface area is 203 Å². The second kappa shape index (κ2) is 9.51. The number of halogens is 3. The van der Waals surface area contributed by atoms with Crippen molar-refractivity contribution in [2.45, 2.75) is 13.2 Å². The van der Waals surface area contributed by atoms with Gasteiger partial charge in [0, 0.05) is 39.8 Å². The number of carbonyl (C=O) groups is 1. The van der Waals surface area contributed by atoms with Crippen molar-refractivity contribution in [2.75, 3.05) is 6.26 Å². The van der Waals surface area contributed by atoms with Crippen molar-refractivity contribution in [1.29, 1.82) is 0 Å². The quantitative estimate of drug-likeness (QED) is 0.382. The van der Waals surface area contributed by atoms with Gasteiger partial charge in [0.05, 0.1) is 6.26 Å². The van der Waals surface area contributed by atoms with E-state index in [-0.39, 0.29) is 29.1 Å². The third kappa shape index (κ3) is 5.36. The molecule has 12 heteroatoms. The summed E-state index contributed by atoms with van der Waals surface area (Å²) in [5.41, 5.74) is 0.853. The molecule has 0 radical (unpaired) electrons. The van der Waals surface area contributed by atoms with Crippen LogP contribution in [-0.2, 0) is 16.6 Å². The maximum absolute atomic E-state index is 13.2. The summed E-state index contributed by atoms with van der Waals surface area (Å²) >= 11 is 6.22. The standard InChI is InChI=1S/C23H18ClF2N3O5S/c1-35(32,33)28-22(31)20-19(16-3-2-10-27-21(16)30)17-11-14(24)6-9-18(17)29(20)12-13-4-7-15(8-5-13)34-23(25)26/h2-11,23H,12H2,1H3,(H,27,30)(H,28,31). The Bertz CT molecular complexity index is 1580. The Morgan fingerprint density at radius 2 is 1.89 bits per heavy atom. The second-order valence-corrected chi connectivity index (χ2v) is 9.79. The summed E-state index contributed by atoms with van der Waals surface area (Å²) in [7, 11) is -3.95. The molecule has 4 aromatic rings. The fourth-order valence-electron chi connectivity index (χ4n) is 3.79. The van der Waals surface area contributed by atoms with Crippen molar-refractivity contribution in [2.24, 2.45) is 0 Å². The lowest BCUT2D eigenvalue weighted by Gasteiger charge is -2.13. The van der Waals surface area contributed by atoms with E-state index in [9.17, 15) is 26.8 Å². The first kappa shape index (κ1) is 24.4. The van der Waals surface area contributed by atoms with Gasteiger partial charge in [0.2, 0.25) is 10.0 Å². The number of carbonyl (C=O) groups excluding carboxylic acids is 1. The minimum Gasteiger partial charge on any atom is -0.435 e. The lowest BCUT2D eigenvalue weighted by atomic mass is 10.0. The first-order chi connectivity index (χ1) is 16.5. The van der Waals surface area contributed by atoms with Crippen LogP contribution in [0.15, 0.2) is 65.6 Å². The second-order valence-electron chi connectivity index (χ2n) is 7.61. The predicted molar refractivity (Wildman–Crippen MR) is 127 cm³/mol. The summed E-state index contributed by atoms with van der Waals surface area (Å²) in [5, 5.41) is 0.789. The lowest BCUT2D eigenvalue weighted by molar-refractivity contribution is -0.0498. The fraction of sp³-hybridized carbons (Fsp3) is 0.130. The first-order valence-electron chi connectivity index (χ1n) is 10.1. The topological polar surface area (TPSA) is 110 Å². The number of nitrogens with zero attached hydrogens (tertiary/aromatic N) is 1. The van der Waals surface area contributed by atoms with Crippen LogP contribution in [0, 0.1) is 0 Å². The molecule has 2 N–H and O–H groups in total. The number of ether oxygens (including phenoxy) is 1. The number of nitrogens with one attached hydrogen (secondary N) is 2. The van der Waals surface area contributed by atoms with Gasteiger partial charge in [-0.1, -0.05) is 23.7 Å². The summed E-state index contributed by atoms with van der Waals surface area (Å²) in [5.74, 6) is -0.991. The SMILES string of the molecule is CS(=O)(=O)NC(=O)c1c(-c2ccc[nH]c2=O)c2cc(Cl)ccc2n1Cc1ccc(OC(F)F)cc1. The number of amides is 1. The molecule has 35 heavy (non-hydrogen) atoms. The van der Waals surface area contributed by atoms with Crippen LogP contribution in [0.3, 0.4) is 0 Å². The Hall–Kier alpha value is -3.70. The molecule has 0 aliphatic heterocycles. The molecule has 0 unspecified atom stereocenters. The Kier molecular flexibility index (Phi) is 6.64. The number of rotatable bonds is 7. The minimum atomic E-state index is -3.95. The third-order valence-corrected chi connectivity index (χ3v) is 5.89. The summed E-state index contributed by atoms with van der Waals surface area (Å²) < 4.78 is 56.6. The Balaban J connectivity index is 1.97. The average molecular weight is 522 g/mol. The molecule has 0 bridgehead atoms. The molecule has 0 fully saturated rings. The van der Waals surface area contributed by atoms with E-state index in [2.05, 4.69) is 9.72 Å². The van der Waals surface area contributed by atoms with Crippen LogP contribution in [0.4, 0.5) is 8.78 Å². The highest BCUT2D eigenvalue weighted by molar-refractivity contribution is 7.89. The van der Waals surface area contributed by atoms with E-state index in [0.29, 0.717) is 21.5 Å². The van der Waals surface area contributed by atoms with Crippen LogP contribution >= 0.6 is 11.6 Å². The number of pyridine rings is 1. The Morgan fingerprint density at radius 3 is 2.51 bits per heavy atom. The highest BCUT2D eigenvalue weighted by atomic mass is 35.5. The molecule has 2 aromatic carbocycles. The molecule has 0 saturated heterocycles. The zero-order chi connectivity index (χ0) is 25.3. The normalized spacial score (nSPS) is 11.7. The molecule has 8 nitrogen and oxygen atoms in total. The van der Waals surface area contributed by atoms with Gasteiger partial charge in [-0.25, -0.2) is 13.1 Å². The van der Waals surface area contributed by atoms with Gasteiger partial charge < -0.3 is 14.3 Å². The van der Waals surface area contributed by atoms with Crippen LogP contribution in [-0.4, -0.2) is 36.7 Å².